The number of nitrogens with one attached hydrogen (secondary N) is 1. The third kappa shape index (κ3) is 5.13. The van der Waals surface area contributed by atoms with E-state index in [9.17, 15) is 9.18 Å². The van der Waals surface area contributed by atoms with Crippen LogP contribution in [0, 0.1) is 5.82 Å². The summed E-state index contributed by atoms with van der Waals surface area (Å²) in [6.07, 6.45) is 2.85. The first-order chi connectivity index (χ1) is 9.41. The summed E-state index contributed by atoms with van der Waals surface area (Å²) in [5, 5.41) is 2.73. The molecule has 5 nitrogen and oxygen atoms in total. The number of halogens is 1. The molecule has 1 aromatic rings. The summed E-state index contributed by atoms with van der Waals surface area (Å²) in [4.78, 5) is 17.7. The minimum absolute atomic E-state index is 0.0449. The molecule has 0 fully saturated rings. The third-order valence-corrected chi connectivity index (χ3v) is 3.23. The SMILES string of the molecule is CC(C)N(C)CCCCNC(=O)c1cc(F)cnc1N. The second kappa shape index (κ2) is 7.79. The lowest BCUT2D eigenvalue weighted by atomic mass is 10.2. The number of hydrogen-bond acceptors (Lipinski definition) is 4. The number of pyridine rings is 1. The molecule has 3 N–H and O–H groups in total. The molecule has 1 amide bonds. The Bertz CT molecular complexity index is 451. The summed E-state index contributed by atoms with van der Waals surface area (Å²) in [5.74, 6) is -0.905. The number of rotatable bonds is 7. The minimum atomic E-state index is -0.567. The Labute approximate surface area is 119 Å². The van der Waals surface area contributed by atoms with Crippen molar-refractivity contribution in [1.82, 2.24) is 15.2 Å². The zero-order valence-corrected chi connectivity index (χ0v) is 12.3. The highest BCUT2D eigenvalue weighted by atomic mass is 19.1. The van der Waals surface area contributed by atoms with Crippen molar-refractivity contribution in [2.75, 3.05) is 25.9 Å². The number of amides is 1. The molecule has 1 heterocycles. The van der Waals surface area contributed by atoms with Gasteiger partial charge in [-0.25, -0.2) is 9.37 Å². The van der Waals surface area contributed by atoms with Crippen molar-refractivity contribution in [2.45, 2.75) is 32.7 Å². The third-order valence-electron chi connectivity index (χ3n) is 3.23. The van der Waals surface area contributed by atoms with E-state index in [1.165, 1.54) is 0 Å². The molecular formula is C14H23FN4O. The van der Waals surface area contributed by atoms with Gasteiger partial charge in [0.1, 0.15) is 11.6 Å². The van der Waals surface area contributed by atoms with E-state index >= 15 is 0 Å². The average Bonchev–Trinajstić information content (AvgIpc) is 2.40. The quantitative estimate of drug-likeness (QED) is 0.746. The number of nitrogen functional groups attached to an aromatic ring is 1. The molecule has 0 unspecified atom stereocenters. The van der Waals surface area contributed by atoms with Crippen molar-refractivity contribution in [3.8, 4) is 0 Å². The van der Waals surface area contributed by atoms with E-state index in [0.717, 1.165) is 31.6 Å². The van der Waals surface area contributed by atoms with Crippen LogP contribution in [-0.4, -0.2) is 42.0 Å². The van der Waals surface area contributed by atoms with E-state index in [0.29, 0.717) is 12.6 Å². The Morgan fingerprint density at radius 2 is 2.20 bits per heavy atom. The van der Waals surface area contributed by atoms with E-state index in [2.05, 4.69) is 36.1 Å². The van der Waals surface area contributed by atoms with Crippen LogP contribution in [0.5, 0.6) is 0 Å². The van der Waals surface area contributed by atoms with E-state index in [4.69, 9.17) is 5.73 Å². The summed E-state index contributed by atoms with van der Waals surface area (Å²) in [6.45, 7) is 5.81. The standard InChI is InChI=1S/C14H23FN4O/c1-10(2)19(3)7-5-4-6-17-14(20)12-8-11(15)9-18-13(12)16/h8-10H,4-7H2,1-3H3,(H2,16,18)(H,17,20). The van der Waals surface area contributed by atoms with Gasteiger partial charge in [0, 0.05) is 12.6 Å². The molecule has 0 atom stereocenters. The fourth-order valence-electron chi connectivity index (χ4n) is 1.67. The Morgan fingerprint density at radius 3 is 2.85 bits per heavy atom. The van der Waals surface area contributed by atoms with E-state index in [-0.39, 0.29) is 17.3 Å². The molecule has 1 rings (SSSR count). The number of carbonyl (C=O) groups is 1. The predicted octanol–water partition coefficient (Wildman–Crippen LogP) is 1.65. The Hall–Kier alpha value is -1.69. The van der Waals surface area contributed by atoms with Gasteiger partial charge in [0.15, 0.2) is 0 Å². The highest BCUT2D eigenvalue weighted by Crippen LogP contribution is 2.09. The van der Waals surface area contributed by atoms with E-state index in [1.807, 2.05) is 0 Å². The van der Waals surface area contributed by atoms with E-state index in [1.54, 1.807) is 0 Å². The minimum Gasteiger partial charge on any atom is -0.383 e. The fraction of sp³-hybridized carbons (Fsp3) is 0.571. The smallest absolute Gasteiger partial charge is 0.255 e. The number of nitrogens with zero attached hydrogens (tertiary/aromatic N) is 2. The number of nitrogens with two attached hydrogens (primary N) is 1. The predicted molar refractivity (Wildman–Crippen MR) is 77.9 cm³/mol. The molecule has 0 bridgehead atoms. The summed E-state index contributed by atoms with van der Waals surface area (Å²) >= 11 is 0. The zero-order valence-electron chi connectivity index (χ0n) is 12.3. The second-order valence-corrected chi connectivity index (χ2v) is 5.12. The molecule has 0 aliphatic carbocycles. The van der Waals surface area contributed by atoms with Crippen LogP contribution < -0.4 is 11.1 Å². The maximum atomic E-state index is 13.0. The maximum absolute atomic E-state index is 13.0. The summed E-state index contributed by atoms with van der Waals surface area (Å²) in [7, 11) is 2.07. The topological polar surface area (TPSA) is 71.2 Å². The van der Waals surface area contributed by atoms with Crippen LogP contribution >= 0.6 is 0 Å². The number of aromatic nitrogens is 1. The molecule has 0 saturated carbocycles. The molecule has 20 heavy (non-hydrogen) atoms. The number of unbranched alkanes of at least 4 members (excludes halogenated alkanes) is 1. The molecule has 0 radical (unpaired) electrons. The first-order valence-corrected chi connectivity index (χ1v) is 6.81. The van der Waals surface area contributed by atoms with Crippen LogP contribution in [0.2, 0.25) is 0 Å². The van der Waals surface area contributed by atoms with Crippen molar-refractivity contribution < 1.29 is 9.18 Å². The van der Waals surface area contributed by atoms with Gasteiger partial charge in [-0.3, -0.25) is 4.79 Å². The molecule has 0 spiro atoms. The first-order valence-electron chi connectivity index (χ1n) is 6.81. The van der Waals surface area contributed by atoms with Crippen LogP contribution in [-0.2, 0) is 0 Å². The summed E-state index contributed by atoms with van der Waals surface area (Å²) < 4.78 is 13.0. The lowest BCUT2D eigenvalue weighted by molar-refractivity contribution is 0.0952. The van der Waals surface area contributed by atoms with Gasteiger partial charge in [-0.15, -0.1) is 0 Å². The first kappa shape index (κ1) is 16.4. The van der Waals surface area contributed by atoms with Crippen molar-refractivity contribution in [1.29, 1.82) is 0 Å². The van der Waals surface area contributed by atoms with Gasteiger partial charge >= 0.3 is 0 Å². The lowest BCUT2D eigenvalue weighted by Gasteiger charge is -2.20. The number of anilines is 1. The van der Waals surface area contributed by atoms with Gasteiger partial charge in [0.05, 0.1) is 11.8 Å². The van der Waals surface area contributed by atoms with Crippen LogP contribution in [0.15, 0.2) is 12.3 Å². The number of carbonyl (C=O) groups excluding carboxylic acids is 1. The van der Waals surface area contributed by atoms with Crippen LogP contribution in [0.25, 0.3) is 0 Å². The van der Waals surface area contributed by atoms with Crippen molar-refractivity contribution in [3.05, 3.63) is 23.6 Å². The van der Waals surface area contributed by atoms with Crippen LogP contribution in [0.3, 0.4) is 0 Å². The number of hydrogen-bond donors (Lipinski definition) is 2. The summed E-state index contributed by atoms with van der Waals surface area (Å²) in [6, 6.07) is 1.62. The molecule has 0 aromatic carbocycles. The van der Waals surface area contributed by atoms with Crippen molar-refractivity contribution in [3.63, 3.8) is 0 Å². The molecule has 0 aliphatic rings. The Balaban J connectivity index is 2.32. The molecule has 112 valence electrons. The van der Waals surface area contributed by atoms with E-state index < -0.39 is 5.82 Å². The average molecular weight is 282 g/mol. The molecule has 1 aromatic heterocycles. The van der Waals surface area contributed by atoms with Crippen molar-refractivity contribution in [2.24, 2.45) is 0 Å². The van der Waals surface area contributed by atoms with Gasteiger partial charge in [-0.1, -0.05) is 0 Å². The molecule has 0 saturated heterocycles. The largest absolute Gasteiger partial charge is 0.383 e. The van der Waals surface area contributed by atoms with Gasteiger partial charge in [-0.2, -0.15) is 0 Å². The normalized spacial score (nSPS) is 11.1. The maximum Gasteiger partial charge on any atom is 0.255 e. The van der Waals surface area contributed by atoms with Crippen molar-refractivity contribution >= 4 is 11.7 Å². The Morgan fingerprint density at radius 1 is 1.50 bits per heavy atom. The lowest BCUT2D eigenvalue weighted by Crippen LogP contribution is -2.29. The van der Waals surface area contributed by atoms with Crippen LogP contribution in [0.4, 0.5) is 10.2 Å². The van der Waals surface area contributed by atoms with Gasteiger partial charge in [-0.05, 0) is 46.3 Å². The van der Waals surface area contributed by atoms with Gasteiger partial charge in [0.2, 0.25) is 0 Å². The molecule has 6 heteroatoms. The highest BCUT2D eigenvalue weighted by molar-refractivity contribution is 5.98. The summed E-state index contributed by atoms with van der Waals surface area (Å²) in [5.41, 5.74) is 5.64. The molecule has 0 aliphatic heterocycles. The van der Waals surface area contributed by atoms with Gasteiger partial charge < -0.3 is 16.0 Å². The zero-order chi connectivity index (χ0) is 15.1. The second-order valence-electron chi connectivity index (χ2n) is 5.12. The monoisotopic (exact) mass is 282 g/mol. The fourth-order valence-corrected chi connectivity index (χ4v) is 1.67. The van der Waals surface area contributed by atoms with Gasteiger partial charge in [0.25, 0.3) is 5.91 Å². The molecular weight excluding hydrogens is 259 g/mol. The highest BCUT2D eigenvalue weighted by Gasteiger charge is 2.11. The Kier molecular flexibility index (Phi) is 6.38. The van der Waals surface area contributed by atoms with Crippen LogP contribution in [0.1, 0.15) is 37.0 Å².